The molecule has 0 aromatic heterocycles. The SMILES string of the molecule is CCC1(CC)C(=O)NCC(=O)N1CC1CCC(C)O1. The van der Waals surface area contributed by atoms with Gasteiger partial charge in [0.15, 0.2) is 0 Å². The Hall–Kier alpha value is -1.10. The summed E-state index contributed by atoms with van der Waals surface area (Å²) >= 11 is 0. The highest BCUT2D eigenvalue weighted by Crippen LogP contribution is 2.30. The van der Waals surface area contributed by atoms with Gasteiger partial charge in [-0.25, -0.2) is 0 Å². The molecule has 2 saturated heterocycles. The van der Waals surface area contributed by atoms with Gasteiger partial charge in [0.05, 0.1) is 18.8 Å². The van der Waals surface area contributed by atoms with Gasteiger partial charge in [-0.05, 0) is 32.6 Å². The van der Waals surface area contributed by atoms with E-state index in [9.17, 15) is 9.59 Å². The van der Waals surface area contributed by atoms with Crippen molar-refractivity contribution in [3.8, 4) is 0 Å². The maximum atomic E-state index is 12.2. The molecular weight excluding hydrogens is 244 g/mol. The molecule has 5 nitrogen and oxygen atoms in total. The molecule has 2 atom stereocenters. The lowest BCUT2D eigenvalue weighted by Crippen LogP contribution is -2.67. The molecule has 2 fully saturated rings. The van der Waals surface area contributed by atoms with Gasteiger partial charge in [0.2, 0.25) is 11.8 Å². The Bertz CT molecular complexity index is 366. The third kappa shape index (κ3) is 2.48. The molecule has 0 saturated carbocycles. The van der Waals surface area contributed by atoms with Crippen LogP contribution in [-0.4, -0.2) is 47.6 Å². The summed E-state index contributed by atoms with van der Waals surface area (Å²) in [7, 11) is 0. The first-order valence-electron chi connectivity index (χ1n) is 7.27. The van der Waals surface area contributed by atoms with Gasteiger partial charge in [-0.2, -0.15) is 0 Å². The van der Waals surface area contributed by atoms with Crippen molar-refractivity contribution in [1.29, 1.82) is 0 Å². The molecule has 19 heavy (non-hydrogen) atoms. The van der Waals surface area contributed by atoms with Crippen LogP contribution in [0.4, 0.5) is 0 Å². The lowest BCUT2D eigenvalue weighted by molar-refractivity contribution is -0.156. The van der Waals surface area contributed by atoms with Crippen molar-refractivity contribution in [1.82, 2.24) is 10.2 Å². The molecule has 2 aliphatic rings. The molecule has 1 N–H and O–H groups in total. The average molecular weight is 268 g/mol. The van der Waals surface area contributed by atoms with Gasteiger partial charge in [-0.15, -0.1) is 0 Å². The Morgan fingerprint density at radius 3 is 2.53 bits per heavy atom. The highest BCUT2D eigenvalue weighted by atomic mass is 16.5. The van der Waals surface area contributed by atoms with Crippen molar-refractivity contribution in [3.63, 3.8) is 0 Å². The van der Waals surface area contributed by atoms with Gasteiger partial charge >= 0.3 is 0 Å². The molecule has 2 aliphatic heterocycles. The van der Waals surface area contributed by atoms with Crippen molar-refractivity contribution < 1.29 is 14.3 Å². The monoisotopic (exact) mass is 268 g/mol. The second kappa shape index (κ2) is 5.49. The molecule has 2 unspecified atom stereocenters. The fourth-order valence-electron chi connectivity index (χ4n) is 3.23. The number of nitrogens with zero attached hydrogens (tertiary/aromatic N) is 1. The molecule has 0 bridgehead atoms. The number of piperazine rings is 1. The van der Waals surface area contributed by atoms with Gasteiger partial charge < -0.3 is 15.0 Å². The maximum Gasteiger partial charge on any atom is 0.246 e. The van der Waals surface area contributed by atoms with Gasteiger partial charge in [-0.1, -0.05) is 13.8 Å². The van der Waals surface area contributed by atoms with Crippen molar-refractivity contribution in [2.45, 2.75) is 64.2 Å². The molecule has 0 aromatic rings. The summed E-state index contributed by atoms with van der Waals surface area (Å²) in [5, 5.41) is 2.72. The quantitative estimate of drug-likeness (QED) is 0.829. The number of hydrogen-bond donors (Lipinski definition) is 1. The Labute approximate surface area is 114 Å². The lowest BCUT2D eigenvalue weighted by Gasteiger charge is -2.45. The average Bonchev–Trinajstić information content (AvgIpc) is 2.81. The summed E-state index contributed by atoms with van der Waals surface area (Å²) in [5.41, 5.74) is -0.690. The van der Waals surface area contributed by atoms with Gasteiger partial charge in [0.1, 0.15) is 5.54 Å². The van der Waals surface area contributed by atoms with E-state index in [0.29, 0.717) is 19.4 Å². The van der Waals surface area contributed by atoms with Crippen LogP contribution in [0.1, 0.15) is 46.5 Å². The Morgan fingerprint density at radius 2 is 2.00 bits per heavy atom. The summed E-state index contributed by atoms with van der Waals surface area (Å²) in [6.45, 7) is 6.64. The normalized spacial score (nSPS) is 30.6. The second-order valence-corrected chi connectivity index (χ2v) is 5.57. The lowest BCUT2D eigenvalue weighted by atomic mass is 9.87. The minimum Gasteiger partial charge on any atom is -0.373 e. The number of amides is 2. The first-order chi connectivity index (χ1) is 9.03. The zero-order chi connectivity index (χ0) is 14.0. The van der Waals surface area contributed by atoms with Crippen LogP contribution >= 0.6 is 0 Å². The fraction of sp³-hybridized carbons (Fsp3) is 0.857. The van der Waals surface area contributed by atoms with Crippen LogP contribution in [0, 0.1) is 0 Å². The summed E-state index contributed by atoms with van der Waals surface area (Å²) in [5.74, 6) is -0.0189. The molecule has 0 aliphatic carbocycles. The third-order valence-electron chi connectivity index (χ3n) is 4.52. The minimum atomic E-state index is -0.690. The van der Waals surface area contributed by atoms with Gasteiger partial charge in [0, 0.05) is 6.54 Å². The van der Waals surface area contributed by atoms with Crippen LogP contribution in [0.3, 0.4) is 0 Å². The van der Waals surface area contributed by atoms with E-state index < -0.39 is 5.54 Å². The van der Waals surface area contributed by atoms with Crippen LogP contribution in [0.2, 0.25) is 0 Å². The highest BCUT2D eigenvalue weighted by Gasteiger charge is 2.47. The van der Waals surface area contributed by atoms with E-state index in [4.69, 9.17) is 4.74 Å². The molecule has 0 aromatic carbocycles. The van der Waals surface area contributed by atoms with E-state index in [0.717, 1.165) is 12.8 Å². The Balaban J connectivity index is 2.17. The predicted molar refractivity (Wildman–Crippen MR) is 71.6 cm³/mol. The zero-order valence-electron chi connectivity index (χ0n) is 12.1. The standard InChI is InChI=1S/C14H24N2O3/c1-4-14(5-2)13(18)15-8-12(17)16(14)9-11-7-6-10(3)19-11/h10-11H,4-9H2,1-3H3,(H,15,18). The van der Waals surface area contributed by atoms with Crippen molar-refractivity contribution in [2.75, 3.05) is 13.1 Å². The first kappa shape index (κ1) is 14.3. The predicted octanol–water partition coefficient (Wildman–Crippen LogP) is 1.07. The number of carbonyl (C=O) groups is 2. The first-order valence-corrected chi connectivity index (χ1v) is 7.27. The Morgan fingerprint density at radius 1 is 1.32 bits per heavy atom. The van der Waals surface area contributed by atoms with E-state index in [1.54, 1.807) is 4.90 Å². The van der Waals surface area contributed by atoms with Crippen molar-refractivity contribution in [2.24, 2.45) is 0 Å². The highest BCUT2D eigenvalue weighted by molar-refractivity contribution is 5.97. The summed E-state index contributed by atoms with van der Waals surface area (Å²) in [6, 6.07) is 0. The van der Waals surface area contributed by atoms with Crippen LogP contribution in [0.15, 0.2) is 0 Å². The van der Waals surface area contributed by atoms with Crippen molar-refractivity contribution >= 4 is 11.8 Å². The van der Waals surface area contributed by atoms with Crippen molar-refractivity contribution in [3.05, 3.63) is 0 Å². The van der Waals surface area contributed by atoms with E-state index in [-0.39, 0.29) is 30.6 Å². The molecule has 5 heteroatoms. The molecule has 2 rings (SSSR count). The van der Waals surface area contributed by atoms with Crippen LogP contribution in [0.5, 0.6) is 0 Å². The zero-order valence-corrected chi connectivity index (χ0v) is 12.1. The number of carbonyl (C=O) groups excluding carboxylic acids is 2. The fourth-order valence-corrected chi connectivity index (χ4v) is 3.23. The number of nitrogens with one attached hydrogen (secondary N) is 1. The summed E-state index contributed by atoms with van der Waals surface area (Å²) in [6.07, 6.45) is 3.62. The second-order valence-electron chi connectivity index (χ2n) is 5.57. The molecular formula is C14H24N2O3. The molecule has 2 amide bonds. The molecule has 108 valence electrons. The molecule has 2 heterocycles. The van der Waals surface area contributed by atoms with E-state index >= 15 is 0 Å². The molecule has 0 radical (unpaired) electrons. The topological polar surface area (TPSA) is 58.6 Å². The molecule has 0 spiro atoms. The smallest absolute Gasteiger partial charge is 0.246 e. The largest absolute Gasteiger partial charge is 0.373 e. The van der Waals surface area contributed by atoms with Crippen LogP contribution < -0.4 is 5.32 Å². The van der Waals surface area contributed by atoms with Crippen LogP contribution in [-0.2, 0) is 14.3 Å². The Kier molecular flexibility index (Phi) is 4.13. The maximum absolute atomic E-state index is 12.2. The number of rotatable bonds is 4. The van der Waals surface area contributed by atoms with Crippen LogP contribution in [0.25, 0.3) is 0 Å². The van der Waals surface area contributed by atoms with Gasteiger partial charge in [-0.3, -0.25) is 9.59 Å². The van der Waals surface area contributed by atoms with Gasteiger partial charge in [0.25, 0.3) is 0 Å². The van der Waals surface area contributed by atoms with E-state index in [1.807, 2.05) is 13.8 Å². The third-order valence-corrected chi connectivity index (χ3v) is 4.52. The number of ether oxygens (including phenoxy) is 1. The van der Waals surface area contributed by atoms with E-state index in [1.165, 1.54) is 0 Å². The minimum absolute atomic E-state index is 0.00598. The summed E-state index contributed by atoms with van der Waals surface area (Å²) in [4.78, 5) is 26.2. The number of hydrogen-bond acceptors (Lipinski definition) is 3. The summed E-state index contributed by atoms with van der Waals surface area (Å²) < 4.78 is 5.80. The van der Waals surface area contributed by atoms with E-state index in [2.05, 4.69) is 12.2 Å².